The van der Waals surface area contributed by atoms with Crippen molar-refractivity contribution in [2.24, 2.45) is 0 Å². The fourth-order valence-electron chi connectivity index (χ4n) is 3.06. The van der Waals surface area contributed by atoms with Crippen LogP contribution in [0.25, 0.3) is 11.4 Å². The molecule has 3 heterocycles. The minimum absolute atomic E-state index is 0.160. The van der Waals surface area contributed by atoms with Crippen molar-refractivity contribution in [3.8, 4) is 11.4 Å². The van der Waals surface area contributed by atoms with Crippen LogP contribution in [0.4, 0.5) is 18.9 Å². The molecule has 1 amide bonds. The van der Waals surface area contributed by atoms with Crippen molar-refractivity contribution in [3.05, 3.63) is 59.7 Å². The zero-order chi connectivity index (χ0) is 21.8. The first kappa shape index (κ1) is 20.8. The second kappa shape index (κ2) is 8.72. The molecular formula is C20H18F3N5O3. The van der Waals surface area contributed by atoms with Crippen LogP contribution in [-0.4, -0.2) is 47.3 Å². The van der Waals surface area contributed by atoms with Gasteiger partial charge in [-0.2, -0.15) is 18.2 Å². The lowest BCUT2D eigenvalue weighted by atomic mass is 10.1. The highest BCUT2D eigenvalue weighted by atomic mass is 19.4. The van der Waals surface area contributed by atoms with Crippen molar-refractivity contribution in [2.75, 3.05) is 31.2 Å². The Morgan fingerprint density at radius 1 is 1.13 bits per heavy atom. The molecule has 11 heteroatoms. The predicted octanol–water partition coefficient (Wildman–Crippen LogP) is 2.92. The molecule has 0 bridgehead atoms. The molecule has 0 aliphatic carbocycles. The van der Waals surface area contributed by atoms with Crippen molar-refractivity contribution in [3.63, 3.8) is 0 Å². The van der Waals surface area contributed by atoms with Crippen LogP contribution >= 0.6 is 0 Å². The zero-order valence-corrected chi connectivity index (χ0v) is 16.2. The van der Waals surface area contributed by atoms with Gasteiger partial charge in [0, 0.05) is 37.1 Å². The summed E-state index contributed by atoms with van der Waals surface area (Å²) < 4.78 is 47.3. The summed E-state index contributed by atoms with van der Waals surface area (Å²) in [7, 11) is 0. The van der Waals surface area contributed by atoms with Gasteiger partial charge in [0.05, 0.1) is 13.2 Å². The molecule has 0 saturated carbocycles. The Kier molecular flexibility index (Phi) is 5.85. The van der Waals surface area contributed by atoms with Crippen molar-refractivity contribution in [1.82, 2.24) is 20.4 Å². The minimum Gasteiger partial charge on any atom is -0.378 e. The molecule has 0 radical (unpaired) electrons. The summed E-state index contributed by atoms with van der Waals surface area (Å²) in [6.07, 6.45) is -3.10. The predicted molar refractivity (Wildman–Crippen MR) is 103 cm³/mol. The molecule has 0 spiro atoms. The molecule has 1 aromatic carbocycles. The van der Waals surface area contributed by atoms with E-state index in [4.69, 9.17) is 4.74 Å². The van der Waals surface area contributed by atoms with E-state index in [1.807, 2.05) is 6.07 Å². The quantitative estimate of drug-likeness (QED) is 0.661. The molecule has 1 aliphatic rings. The second-order valence-electron chi connectivity index (χ2n) is 6.80. The van der Waals surface area contributed by atoms with Crippen LogP contribution < -0.4 is 10.2 Å². The van der Waals surface area contributed by atoms with Crippen LogP contribution in [0.5, 0.6) is 0 Å². The number of nitrogens with one attached hydrogen (secondary N) is 1. The molecule has 31 heavy (non-hydrogen) atoms. The number of morpholine rings is 1. The van der Waals surface area contributed by atoms with Gasteiger partial charge in [0.25, 0.3) is 5.91 Å². The number of alkyl halides is 3. The van der Waals surface area contributed by atoms with Gasteiger partial charge in [0.1, 0.15) is 5.69 Å². The molecule has 1 saturated heterocycles. The molecule has 1 N–H and O–H groups in total. The maximum absolute atomic E-state index is 12.6. The molecule has 8 nitrogen and oxygen atoms in total. The summed E-state index contributed by atoms with van der Waals surface area (Å²) in [5.74, 6) is -1.88. The van der Waals surface area contributed by atoms with Crippen LogP contribution in [0.2, 0.25) is 0 Å². The minimum atomic E-state index is -4.69. The Bertz CT molecular complexity index is 1050. The molecule has 2 aromatic heterocycles. The number of nitrogens with zero attached hydrogens (tertiary/aromatic N) is 4. The molecule has 3 aromatic rings. The first-order valence-corrected chi connectivity index (χ1v) is 9.47. The zero-order valence-electron chi connectivity index (χ0n) is 16.2. The van der Waals surface area contributed by atoms with Crippen molar-refractivity contribution < 1.29 is 27.2 Å². The van der Waals surface area contributed by atoms with Crippen LogP contribution in [0.15, 0.2) is 47.1 Å². The van der Waals surface area contributed by atoms with Crippen LogP contribution in [0, 0.1) is 0 Å². The molecular weight excluding hydrogens is 415 g/mol. The summed E-state index contributed by atoms with van der Waals surface area (Å²) in [6.45, 7) is 3.01. The second-order valence-corrected chi connectivity index (χ2v) is 6.80. The molecule has 1 aliphatic heterocycles. The Hall–Kier alpha value is -3.47. The summed E-state index contributed by atoms with van der Waals surface area (Å²) >= 11 is 0. The third kappa shape index (κ3) is 5.00. The normalized spacial score (nSPS) is 14.5. The molecule has 0 unspecified atom stereocenters. The Labute approximate surface area is 175 Å². The summed E-state index contributed by atoms with van der Waals surface area (Å²) in [5, 5.41) is 6.13. The maximum Gasteiger partial charge on any atom is 0.471 e. The van der Waals surface area contributed by atoms with E-state index in [1.54, 1.807) is 36.5 Å². The van der Waals surface area contributed by atoms with Gasteiger partial charge >= 0.3 is 12.1 Å². The summed E-state index contributed by atoms with van der Waals surface area (Å²) in [6, 6.07) is 10.0. The van der Waals surface area contributed by atoms with E-state index < -0.39 is 12.1 Å². The van der Waals surface area contributed by atoms with Crippen LogP contribution in [0.1, 0.15) is 21.9 Å². The standard InChI is InChI=1S/C20H18F3N5O3/c21-20(22,23)19-26-17(27-31-19)14-3-1-13(2-4-14)12-25-18(29)16-11-15(5-6-24-16)28-7-9-30-10-8-28/h1-6,11H,7-10,12H2,(H,25,29). The van der Waals surface area contributed by atoms with E-state index in [9.17, 15) is 18.0 Å². The molecule has 162 valence electrons. The summed E-state index contributed by atoms with van der Waals surface area (Å²) in [5.41, 5.74) is 2.33. The Morgan fingerprint density at radius 2 is 1.87 bits per heavy atom. The van der Waals surface area contributed by atoms with Gasteiger partial charge in [-0.15, -0.1) is 0 Å². The largest absolute Gasteiger partial charge is 0.471 e. The van der Waals surface area contributed by atoms with Gasteiger partial charge < -0.3 is 19.5 Å². The third-order valence-electron chi connectivity index (χ3n) is 4.69. The number of rotatable bonds is 5. The number of pyridine rings is 1. The number of hydrogen-bond acceptors (Lipinski definition) is 7. The van der Waals surface area contributed by atoms with E-state index in [0.717, 1.165) is 24.3 Å². The summed E-state index contributed by atoms with van der Waals surface area (Å²) in [4.78, 5) is 22.1. The van der Waals surface area contributed by atoms with E-state index in [1.165, 1.54) is 0 Å². The van der Waals surface area contributed by atoms with Gasteiger partial charge in [-0.25, -0.2) is 0 Å². The number of amides is 1. The van der Waals surface area contributed by atoms with E-state index in [0.29, 0.717) is 24.5 Å². The highest BCUT2D eigenvalue weighted by Crippen LogP contribution is 2.29. The number of hydrogen-bond donors (Lipinski definition) is 1. The highest BCUT2D eigenvalue weighted by Gasteiger charge is 2.38. The molecule has 0 atom stereocenters. The number of aromatic nitrogens is 3. The number of carbonyl (C=O) groups is 1. The monoisotopic (exact) mass is 433 g/mol. The van der Waals surface area contributed by atoms with Crippen LogP contribution in [0.3, 0.4) is 0 Å². The lowest BCUT2D eigenvalue weighted by Crippen LogP contribution is -2.36. The van der Waals surface area contributed by atoms with Gasteiger partial charge in [0.15, 0.2) is 0 Å². The number of anilines is 1. The Balaban J connectivity index is 1.37. The average Bonchev–Trinajstić information content (AvgIpc) is 3.30. The van der Waals surface area contributed by atoms with Crippen molar-refractivity contribution in [1.29, 1.82) is 0 Å². The van der Waals surface area contributed by atoms with Crippen molar-refractivity contribution >= 4 is 11.6 Å². The van der Waals surface area contributed by atoms with Gasteiger partial charge in [-0.1, -0.05) is 29.4 Å². The van der Waals surface area contributed by atoms with Crippen molar-refractivity contribution in [2.45, 2.75) is 12.7 Å². The lowest BCUT2D eigenvalue weighted by molar-refractivity contribution is -0.159. The SMILES string of the molecule is O=C(NCc1ccc(-c2noc(C(F)(F)F)n2)cc1)c1cc(N2CCOCC2)ccn1. The highest BCUT2D eigenvalue weighted by molar-refractivity contribution is 5.93. The number of benzene rings is 1. The van der Waals surface area contributed by atoms with E-state index in [2.05, 4.69) is 29.9 Å². The fourth-order valence-corrected chi connectivity index (χ4v) is 3.06. The van der Waals surface area contributed by atoms with Gasteiger partial charge in [-0.05, 0) is 17.7 Å². The van der Waals surface area contributed by atoms with Gasteiger partial charge in [0.2, 0.25) is 5.82 Å². The Morgan fingerprint density at radius 3 is 2.55 bits per heavy atom. The van der Waals surface area contributed by atoms with Gasteiger partial charge in [-0.3, -0.25) is 9.78 Å². The number of ether oxygens (including phenoxy) is 1. The molecule has 4 rings (SSSR count). The number of halogens is 3. The fraction of sp³-hybridized carbons (Fsp3) is 0.300. The molecule has 1 fully saturated rings. The topological polar surface area (TPSA) is 93.4 Å². The van der Waals surface area contributed by atoms with E-state index >= 15 is 0 Å². The maximum atomic E-state index is 12.6. The average molecular weight is 433 g/mol. The first-order valence-electron chi connectivity index (χ1n) is 9.47. The van der Waals surface area contributed by atoms with E-state index in [-0.39, 0.29) is 18.3 Å². The number of carbonyl (C=O) groups excluding carboxylic acids is 1. The third-order valence-corrected chi connectivity index (χ3v) is 4.69. The lowest BCUT2D eigenvalue weighted by Gasteiger charge is -2.28. The van der Waals surface area contributed by atoms with Crippen LogP contribution in [-0.2, 0) is 17.5 Å². The smallest absolute Gasteiger partial charge is 0.378 e. The first-order chi connectivity index (χ1) is 14.9.